The molecule has 1 aromatic heterocycles. The van der Waals surface area contributed by atoms with Crippen molar-refractivity contribution in [3.63, 3.8) is 0 Å². The van der Waals surface area contributed by atoms with Gasteiger partial charge in [0.1, 0.15) is 0 Å². The molecular weight excluding hydrogens is 258 g/mol. The number of hydrogen-bond acceptors (Lipinski definition) is 5. The van der Waals surface area contributed by atoms with Crippen LogP contribution in [-0.4, -0.2) is 10.1 Å². The first-order chi connectivity index (χ1) is 9.10. The van der Waals surface area contributed by atoms with Crippen LogP contribution in [0.3, 0.4) is 0 Å². The fourth-order valence-electron chi connectivity index (χ4n) is 2.52. The molecule has 0 spiro atoms. The summed E-state index contributed by atoms with van der Waals surface area (Å²) in [5, 5.41) is 20.2. The Morgan fingerprint density at radius 3 is 2.79 bits per heavy atom. The zero-order chi connectivity index (χ0) is 13.5. The predicted octanol–water partition coefficient (Wildman–Crippen LogP) is 1.97. The first-order valence-corrected chi connectivity index (χ1v) is 6.89. The molecule has 0 radical (unpaired) electrons. The molecule has 0 amide bonds. The molecule has 0 fully saturated rings. The number of rotatable bonds is 1. The fourth-order valence-corrected chi connectivity index (χ4v) is 3.50. The normalized spacial score (nSPS) is 21.7. The van der Waals surface area contributed by atoms with Gasteiger partial charge in [0.2, 0.25) is 0 Å². The maximum Gasteiger partial charge on any atom is 0.180 e. The molecule has 1 aromatic carbocycles. The van der Waals surface area contributed by atoms with Crippen molar-refractivity contribution in [2.75, 3.05) is 5.73 Å². The maximum atomic E-state index is 10.8. The van der Waals surface area contributed by atoms with Gasteiger partial charge in [-0.05, 0) is 30.5 Å². The number of nitrogens with two attached hydrogens (primary N) is 1. The zero-order valence-corrected chi connectivity index (χ0v) is 11.1. The molecule has 0 saturated carbocycles. The van der Waals surface area contributed by atoms with Crippen LogP contribution in [-0.2, 0) is 18.4 Å². The van der Waals surface area contributed by atoms with Crippen LogP contribution in [0.4, 0.5) is 5.13 Å². The van der Waals surface area contributed by atoms with E-state index in [9.17, 15) is 5.11 Å². The van der Waals surface area contributed by atoms with Gasteiger partial charge in [-0.3, -0.25) is 0 Å². The Balaban J connectivity index is 1.94. The van der Waals surface area contributed by atoms with E-state index in [0.717, 1.165) is 22.6 Å². The Morgan fingerprint density at radius 1 is 1.37 bits per heavy atom. The Labute approximate surface area is 115 Å². The van der Waals surface area contributed by atoms with E-state index >= 15 is 0 Å². The summed E-state index contributed by atoms with van der Waals surface area (Å²) in [6.07, 6.45) is 1.91. The molecule has 1 aliphatic rings. The topological polar surface area (TPSA) is 82.9 Å². The number of hydrogen-bond donors (Lipinski definition) is 2. The number of thiazole rings is 1. The summed E-state index contributed by atoms with van der Waals surface area (Å²) in [5.74, 6) is 0. The van der Waals surface area contributed by atoms with Gasteiger partial charge in [0.25, 0.3) is 0 Å². The largest absolute Gasteiger partial charge is 0.385 e. The average molecular weight is 271 g/mol. The summed E-state index contributed by atoms with van der Waals surface area (Å²) in [6.45, 7) is 0. The van der Waals surface area contributed by atoms with E-state index in [1.54, 1.807) is 12.1 Å². The second kappa shape index (κ2) is 4.34. The van der Waals surface area contributed by atoms with E-state index in [-0.39, 0.29) is 0 Å². The monoisotopic (exact) mass is 271 g/mol. The van der Waals surface area contributed by atoms with Gasteiger partial charge < -0.3 is 10.8 Å². The Morgan fingerprint density at radius 2 is 2.11 bits per heavy atom. The van der Waals surface area contributed by atoms with Crippen molar-refractivity contribution in [3.05, 3.63) is 46.0 Å². The van der Waals surface area contributed by atoms with E-state index in [1.807, 2.05) is 12.1 Å². The highest BCUT2D eigenvalue weighted by Gasteiger charge is 2.35. The van der Waals surface area contributed by atoms with Crippen LogP contribution in [0.15, 0.2) is 24.3 Å². The minimum absolute atomic E-state index is 0.545. The van der Waals surface area contributed by atoms with Crippen molar-refractivity contribution >= 4 is 16.5 Å². The van der Waals surface area contributed by atoms with Crippen LogP contribution in [0, 0.1) is 11.3 Å². The maximum absolute atomic E-state index is 10.8. The van der Waals surface area contributed by atoms with Gasteiger partial charge in [0.05, 0.1) is 22.9 Å². The zero-order valence-electron chi connectivity index (χ0n) is 10.3. The molecule has 0 aliphatic heterocycles. The van der Waals surface area contributed by atoms with Gasteiger partial charge in [0, 0.05) is 11.3 Å². The van der Waals surface area contributed by atoms with Gasteiger partial charge in [-0.2, -0.15) is 5.26 Å². The van der Waals surface area contributed by atoms with Gasteiger partial charge in [-0.1, -0.05) is 12.1 Å². The molecule has 0 saturated heterocycles. The van der Waals surface area contributed by atoms with Crippen LogP contribution in [0.2, 0.25) is 0 Å². The molecule has 0 bridgehead atoms. The third-order valence-electron chi connectivity index (χ3n) is 3.57. The SMILES string of the molecule is N#Cc1ccc(C2(O)CCc3nc(N)sc3C2)cc1. The van der Waals surface area contributed by atoms with Gasteiger partial charge >= 0.3 is 0 Å². The summed E-state index contributed by atoms with van der Waals surface area (Å²) in [5.41, 5.74) is 7.31. The third-order valence-corrected chi connectivity index (χ3v) is 4.50. The minimum atomic E-state index is -0.875. The molecule has 1 aliphatic carbocycles. The summed E-state index contributed by atoms with van der Waals surface area (Å²) >= 11 is 1.45. The fraction of sp³-hybridized carbons (Fsp3) is 0.286. The quantitative estimate of drug-likeness (QED) is 0.830. The minimum Gasteiger partial charge on any atom is -0.385 e. The van der Waals surface area contributed by atoms with Crippen molar-refractivity contribution in [2.45, 2.75) is 24.9 Å². The number of aliphatic hydroxyl groups is 1. The van der Waals surface area contributed by atoms with E-state index in [1.165, 1.54) is 11.3 Å². The summed E-state index contributed by atoms with van der Waals surface area (Å²) in [7, 11) is 0. The summed E-state index contributed by atoms with van der Waals surface area (Å²) in [6, 6.07) is 9.22. The number of aryl methyl sites for hydroxylation is 1. The molecule has 1 heterocycles. The lowest BCUT2D eigenvalue weighted by molar-refractivity contribution is 0.0228. The standard InChI is InChI=1S/C14H13N3OS/c15-8-9-1-3-10(4-2-9)14(18)6-5-11-12(7-14)19-13(16)17-11/h1-4,18H,5-7H2,(H2,16,17). The number of benzene rings is 1. The average Bonchev–Trinajstić information content (AvgIpc) is 2.78. The molecule has 1 unspecified atom stereocenters. The lowest BCUT2D eigenvalue weighted by Crippen LogP contribution is -2.32. The second-order valence-electron chi connectivity index (χ2n) is 4.82. The number of aromatic nitrogens is 1. The van der Waals surface area contributed by atoms with Crippen LogP contribution >= 0.6 is 11.3 Å². The summed E-state index contributed by atoms with van der Waals surface area (Å²) < 4.78 is 0. The van der Waals surface area contributed by atoms with Crippen molar-refractivity contribution < 1.29 is 5.11 Å². The smallest absolute Gasteiger partial charge is 0.180 e. The van der Waals surface area contributed by atoms with Gasteiger partial charge in [-0.25, -0.2) is 4.98 Å². The second-order valence-corrected chi connectivity index (χ2v) is 5.93. The number of nitrogen functional groups attached to an aromatic ring is 1. The first kappa shape index (κ1) is 12.2. The third kappa shape index (κ3) is 2.09. The first-order valence-electron chi connectivity index (χ1n) is 6.08. The molecule has 96 valence electrons. The molecule has 19 heavy (non-hydrogen) atoms. The lowest BCUT2D eigenvalue weighted by Gasteiger charge is -2.31. The van der Waals surface area contributed by atoms with E-state index in [2.05, 4.69) is 11.1 Å². The Bertz CT molecular complexity index is 656. The van der Waals surface area contributed by atoms with Crippen molar-refractivity contribution in [1.82, 2.24) is 4.98 Å². The number of fused-ring (bicyclic) bond motifs is 1. The van der Waals surface area contributed by atoms with E-state index in [0.29, 0.717) is 23.5 Å². The number of nitriles is 1. The molecule has 2 aromatic rings. The van der Waals surface area contributed by atoms with E-state index in [4.69, 9.17) is 11.0 Å². The van der Waals surface area contributed by atoms with Gasteiger partial charge in [0.15, 0.2) is 5.13 Å². The number of anilines is 1. The molecule has 1 atom stereocenters. The van der Waals surface area contributed by atoms with Crippen molar-refractivity contribution in [2.24, 2.45) is 0 Å². The van der Waals surface area contributed by atoms with Gasteiger partial charge in [-0.15, -0.1) is 11.3 Å². The highest BCUT2D eigenvalue weighted by atomic mass is 32.1. The lowest BCUT2D eigenvalue weighted by atomic mass is 9.81. The highest BCUT2D eigenvalue weighted by Crippen LogP contribution is 2.39. The van der Waals surface area contributed by atoms with E-state index < -0.39 is 5.60 Å². The predicted molar refractivity (Wildman–Crippen MR) is 73.6 cm³/mol. The Kier molecular flexibility index (Phi) is 2.77. The van der Waals surface area contributed by atoms with Crippen molar-refractivity contribution in [3.8, 4) is 6.07 Å². The van der Waals surface area contributed by atoms with Crippen molar-refractivity contribution in [1.29, 1.82) is 5.26 Å². The van der Waals surface area contributed by atoms with Crippen LogP contribution in [0.1, 0.15) is 28.1 Å². The molecule has 4 nitrogen and oxygen atoms in total. The summed E-state index contributed by atoms with van der Waals surface area (Å²) in [4.78, 5) is 5.35. The molecule has 5 heteroatoms. The highest BCUT2D eigenvalue weighted by molar-refractivity contribution is 7.15. The van der Waals surface area contributed by atoms with Crippen LogP contribution in [0.5, 0.6) is 0 Å². The molecule has 3 N–H and O–H groups in total. The Hall–Kier alpha value is -1.90. The number of nitrogens with zero attached hydrogens (tertiary/aromatic N) is 2. The molecule has 3 rings (SSSR count). The van der Waals surface area contributed by atoms with Crippen LogP contribution in [0.25, 0.3) is 0 Å². The van der Waals surface area contributed by atoms with Crippen LogP contribution < -0.4 is 5.73 Å². The molecular formula is C14H13N3OS.